The van der Waals surface area contributed by atoms with Gasteiger partial charge in [0.2, 0.25) is 0 Å². The van der Waals surface area contributed by atoms with Gasteiger partial charge in [-0.25, -0.2) is 12.8 Å². The van der Waals surface area contributed by atoms with Gasteiger partial charge in [-0.1, -0.05) is 18.2 Å². The van der Waals surface area contributed by atoms with E-state index >= 15 is 0 Å². The number of halogens is 4. The second kappa shape index (κ2) is 7.56. The zero-order valence-corrected chi connectivity index (χ0v) is 18.1. The fourth-order valence-electron chi connectivity index (χ4n) is 5.35. The van der Waals surface area contributed by atoms with E-state index in [0.717, 1.165) is 44.6 Å². The maximum absolute atomic E-state index is 13.5. The number of hydrogen-bond acceptors (Lipinski definition) is 4. The highest BCUT2D eigenvalue weighted by Gasteiger charge is 2.51. The third-order valence-corrected chi connectivity index (χ3v) is 8.49. The topological polar surface area (TPSA) is 64.8 Å². The Morgan fingerprint density at radius 3 is 2.23 bits per heavy atom. The number of fused-ring (bicyclic) bond motifs is 3. The summed E-state index contributed by atoms with van der Waals surface area (Å²) in [7, 11) is -1.95. The summed E-state index contributed by atoms with van der Waals surface area (Å²) in [5.41, 5.74) is -1.11. The molecule has 0 aliphatic heterocycles. The number of benzene rings is 1. The van der Waals surface area contributed by atoms with Crippen LogP contribution in [0.1, 0.15) is 56.3 Å². The van der Waals surface area contributed by atoms with Gasteiger partial charge in [0.1, 0.15) is 5.82 Å². The van der Waals surface area contributed by atoms with E-state index in [0.29, 0.717) is 12.2 Å². The first-order valence-electron chi connectivity index (χ1n) is 10.3. The molecule has 10 heteroatoms. The number of sulfone groups is 1. The van der Waals surface area contributed by atoms with E-state index < -0.39 is 27.6 Å². The fourth-order valence-corrected chi connectivity index (χ4v) is 6.20. The Kier molecular flexibility index (Phi) is 5.43. The summed E-state index contributed by atoms with van der Waals surface area (Å²) in [5, 5.41) is 8.46. The van der Waals surface area contributed by atoms with E-state index in [4.69, 9.17) is 0 Å². The average Bonchev–Trinajstić information content (AvgIpc) is 3.15. The van der Waals surface area contributed by atoms with Gasteiger partial charge in [-0.15, -0.1) is 10.2 Å². The second-order valence-corrected chi connectivity index (χ2v) is 11.2. The Bertz CT molecular complexity index is 1050. The van der Waals surface area contributed by atoms with Gasteiger partial charge < -0.3 is 4.57 Å². The van der Waals surface area contributed by atoms with Gasteiger partial charge in [0.25, 0.3) is 0 Å². The van der Waals surface area contributed by atoms with Crippen molar-refractivity contribution in [1.29, 1.82) is 0 Å². The molecule has 0 spiro atoms. The molecule has 3 aliphatic rings. The second-order valence-electron chi connectivity index (χ2n) is 9.04. The van der Waals surface area contributed by atoms with Crippen LogP contribution in [0, 0.1) is 5.41 Å². The van der Waals surface area contributed by atoms with Crippen LogP contribution >= 0.6 is 0 Å². The quantitative estimate of drug-likeness (QED) is 0.581. The smallest absolute Gasteiger partial charge is 0.314 e. The van der Waals surface area contributed by atoms with E-state index in [1.165, 1.54) is 12.1 Å². The number of hydrogen-bond donors (Lipinski definition) is 0. The van der Waals surface area contributed by atoms with Crippen molar-refractivity contribution in [2.24, 2.45) is 12.5 Å². The third kappa shape index (κ3) is 3.99. The van der Waals surface area contributed by atoms with E-state index in [-0.39, 0.29) is 28.0 Å². The molecule has 5 rings (SSSR count). The lowest BCUT2D eigenvalue weighted by molar-refractivity contribution is -0.137. The number of aromatic nitrogens is 3. The monoisotopic (exact) mass is 459 g/mol. The number of nitrogens with zero attached hydrogens (tertiary/aromatic N) is 3. The molecule has 31 heavy (non-hydrogen) atoms. The highest BCUT2D eigenvalue weighted by atomic mass is 32.2. The molecular formula is C21H25F4N3O2S. The van der Waals surface area contributed by atoms with Crippen LogP contribution in [0.5, 0.6) is 0 Å². The predicted molar refractivity (Wildman–Crippen MR) is 108 cm³/mol. The van der Waals surface area contributed by atoms with Crippen LogP contribution in [0.3, 0.4) is 0 Å². The minimum atomic E-state index is -4.49. The van der Waals surface area contributed by atoms with Crippen molar-refractivity contribution in [3.63, 3.8) is 0 Å². The van der Waals surface area contributed by atoms with E-state index in [1.807, 2.05) is 0 Å². The summed E-state index contributed by atoms with van der Waals surface area (Å²) in [6.07, 6.45) is 0.692. The van der Waals surface area contributed by atoms with E-state index in [2.05, 4.69) is 10.2 Å². The molecule has 170 valence electrons. The van der Waals surface area contributed by atoms with Crippen LogP contribution in [0.15, 0.2) is 24.3 Å². The Morgan fingerprint density at radius 1 is 1.03 bits per heavy atom. The molecular weight excluding hydrogens is 434 g/mol. The Morgan fingerprint density at radius 2 is 1.65 bits per heavy atom. The maximum Gasteiger partial charge on any atom is 0.417 e. The summed E-state index contributed by atoms with van der Waals surface area (Å²) in [6.45, 7) is 0. The van der Waals surface area contributed by atoms with Gasteiger partial charge in [-0.05, 0) is 56.4 Å². The summed E-state index contributed by atoms with van der Waals surface area (Å²) >= 11 is 0. The first-order chi connectivity index (χ1) is 14.5. The molecule has 5 nitrogen and oxygen atoms in total. The molecule has 3 saturated carbocycles. The Hall–Kier alpha value is -1.97. The molecule has 3 aliphatic carbocycles. The highest BCUT2D eigenvalue weighted by molar-refractivity contribution is 7.91. The van der Waals surface area contributed by atoms with Crippen LogP contribution in [-0.4, -0.2) is 34.9 Å². The van der Waals surface area contributed by atoms with Crippen LogP contribution in [0.2, 0.25) is 0 Å². The highest BCUT2D eigenvalue weighted by Crippen LogP contribution is 2.59. The van der Waals surface area contributed by atoms with Crippen LogP contribution < -0.4 is 0 Å². The van der Waals surface area contributed by atoms with Crippen LogP contribution in [0.25, 0.3) is 11.4 Å². The molecule has 2 bridgehead atoms. The molecule has 0 unspecified atom stereocenters. The molecule has 1 aromatic heterocycles. The van der Waals surface area contributed by atoms with Gasteiger partial charge in [0.05, 0.1) is 11.3 Å². The molecule has 0 amide bonds. The van der Waals surface area contributed by atoms with E-state index in [1.54, 1.807) is 17.7 Å². The lowest BCUT2D eigenvalue weighted by atomic mass is 9.52. The molecule has 0 saturated heterocycles. The van der Waals surface area contributed by atoms with Crippen molar-refractivity contribution in [3.05, 3.63) is 35.7 Å². The Balaban J connectivity index is 1.59. The largest absolute Gasteiger partial charge is 0.417 e. The van der Waals surface area contributed by atoms with E-state index in [9.17, 15) is 26.0 Å². The summed E-state index contributed by atoms with van der Waals surface area (Å²) in [4.78, 5) is 0. The lowest BCUT2D eigenvalue weighted by Gasteiger charge is -2.53. The number of alkyl halides is 4. The van der Waals surface area contributed by atoms with Gasteiger partial charge in [0, 0.05) is 18.0 Å². The minimum absolute atomic E-state index is 0.00467. The molecule has 0 N–H and O–H groups in total. The summed E-state index contributed by atoms with van der Waals surface area (Å²) in [5.74, 6) is 0.733. The summed E-state index contributed by atoms with van der Waals surface area (Å²) < 4.78 is 78.0. The predicted octanol–water partition coefficient (Wildman–Crippen LogP) is 4.82. The molecule has 0 radical (unpaired) electrons. The zero-order valence-electron chi connectivity index (χ0n) is 17.3. The average molecular weight is 460 g/mol. The SMILES string of the molecule is Cn1c(-c2ccccc2C(F)(F)F)nnc1C12CCC(CCS(=O)(=O)CF)(CC1)CC2. The first kappa shape index (κ1) is 22.2. The Labute approximate surface area is 178 Å². The van der Waals surface area contributed by atoms with Gasteiger partial charge in [-0.3, -0.25) is 0 Å². The van der Waals surface area contributed by atoms with Crippen molar-refractivity contribution in [1.82, 2.24) is 14.8 Å². The van der Waals surface area contributed by atoms with Crippen molar-refractivity contribution in [3.8, 4) is 11.4 Å². The molecule has 0 atom stereocenters. The minimum Gasteiger partial charge on any atom is -0.314 e. The zero-order chi connectivity index (χ0) is 22.5. The van der Waals surface area contributed by atoms with Crippen molar-refractivity contribution in [2.75, 3.05) is 11.8 Å². The standard InChI is InChI=1S/C21H25F4N3O2S/c1-28-17(15-4-2-3-5-16(15)21(23,24)25)26-27-18(28)20-9-6-19(7-10-20,8-11-20)12-13-31(29,30)14-22/h2-5H,6-14H2,1H3. The molecule has 2 aromatic rings. The lowest BCUT2D eigenvalue weighted by Crippen LogP contribution is -2.46. The molecule has 1 heterocycles. The van der Waals surface area contributed by atoms with Gasteiger partial charge in [0.15, 0.2) is 21.7 Å². The molecule has 3 fully saturated rings. The van der Waals surface area contributed by atoms with Crippen molar-refractivity contribution in [2.45, 2.75) is 56.5 Å². The third-order valence-electron chi connectivity index (χ3n) is 7.33. The first-order valence-corrected chi connectivity index (χ1v) is 12.2. The van der Waals surface area contributed by atoms with Crippen LogP contribution in [-0.2, 0) is 28.5 Å². The van der Waals surface area contributed by atoms with Crippen molar-refractivity contribution < 1.29 is 26.0 Å². The number of rotatable bonds is 6. The normalized spacial score (nSPS) is 26.4. The van der Waals surface area contributed by atoms with Crippen molar-refractivity contribution >= 4 is 9.84 Å². The van der Waals surface area contributed by atoms with Gasteiger partial charge >= 0.3 is 6.18 Å². The van der Waals surface area contributed by atoms with Crippen LogP contribution in [0.4, 0.5) is 17.6 Å². The maximum atomic E-state index is 13.5. The van der Waals surface area contributed by atoms with Gasteiger partial charge in [-0.2, -0.15) is 13.2 Å². The summed E-state index contributed by atoms with van der Waals surface area (Å²) in [6, 6.07) is 4.04. The fraction of sp³-hybridized carbons (Fsp3) is 0.619. The molecule has 1 aromatic carbocycles.